The zero-order valence-corrected chi connectivity index (χ0v) is 13.3. The van der Waals surface area contributed by atoms with E-state index in [0.717, 1.165) is 12.1 Å². The van der Waals surface area contributed by atoms with Crippen LogP contribution in [0, 0.1) is 25.7 Å². The van der Waals surface area contributed by atoms with Crippen molar-refractivity contribution >= 4 is 11.6 Å². The maximum Gasteiger partial charge on any atom is 0.416 e. The van der Waals surface area contributed by atoms with Crippen LogP contribution in [0.25, 0.3) is 0 Å². The van der Waals surface area contributed by atoms with Gasteiger partial charge in [0.25, 0.3) is 0 Å². The molecule has 24 heavy (non-hydrogen) atoms. The van der Waals surface area contributed by atoms with Crippen molar-refractivity contribution in [3.05, 3.63) is 45.7 Å². The number of rotatable bonds is 2. The molecule has 2 aliphatic carbocycles. The first-order chi connectivity index (χ1) is 11.1. The van der Waals surface area contributed by atoms with Gasteiger partial charge in [0.05, 0.1) is 5.56 Å². The van der Waals surface area contributed by atoms with Crippen LogP contribution in [0.3, 0.4) is 0 Å². The van der Waals surface area contributed by atoms with E-state index in [4.69, 9.17) is 0 Å². The molecule has 2 unspecified atom stereocenters. The highest BCUT2D eigenvalue weighted by atomic mass is 19.4. The highest BCUT2D eigenvalue weighted by molar-refractivity contribution is 6.28. The van der Waals surface area contributed by atoms with Gasteiger partial charge in [0.15, 0.2) is 11.6 Å². The number of carbonyl (C=O) groups is 2. The topological polar surface area (TPSA) is 54.4 Å². The molecule has 2 atom stereocenters. The number of hydrogen-bond donors (Lipinski definition) is 1. The standard InChI is InChI=1S/C18H17F3O3/c1-8-9(2)13(18(19,20)21)6-5-12(8)17(24)14-15(22)10-3-4-11(7-10)16(14)23/h5-6,10-11,22H,3-4,7H2,1-2H3. The molecule has 0 radical (unpaired) electrons. The molecule has 2 aliphatic rings. The molecule has 0 heterocycles. The number of Topliss-reactive ketones (excluding diaryl/α,β-unsaturated/α-hetero) is 2. The van der Waals surface area contributed by atoms with Gasteiger partial charge in [-0.15, -0.1) is 0 Å². The fourth-order valence-corrected chi connectivity index (χ4v) is 3.74. The van der Waals surface area contributed by atoms with Gasteiger partial charge < -0.3 is 5.11 Å². The summed E-state index contributed by atoms with van der Waals surface area (Å²) in [6.07, 6.45) is -2.66. The van der Waals surface area contributed by atoms with Gasteiger partial charge in [-0.2, -0.15) is 13.2 Å². The molecule has 0 aliphatic heterocycles. The third kappa shape index (κ3) is 2.44. The summed E-state index contributed by atoms with van der Waals surface area (Å²) in [6.45, 7) is 2.73. The first kappa shape index (κ1) is 16.7. The van der Waals surface area contributed by atoms with E-state index in [9.17, 15) is 27.9 Å². The lowest BCUT2D eigenvalue weighted by atomic mass is 9.82. The fourth-order valence-electron chi connectivity index (χ4n) is 3.74. The molecule has 3 rings (SSSR count). The second-order valence-electron chi connectivity index (χ2n) is 6.57. The van der Waals surface area contributed by atoms with Crippen molar-refractivity contribution < 1.29 is 27.9 Å². The van der Waals surface area contributed by atoms with E-state index in [1.54, 1.807) is 0 Å². The molecule has 0 amide bonds. The molecule has 1 aromatic rings. The quantitative estimate of drug-likeness (QED) is 0.645. The number of alkyl halides is 3. The molecular weight excluding hydrogens is 321 g/mol. The van der Waals surface area contributed by atoms with Crippen LogP contribution in [0.15, 0.2) is 23.5 Å². The largest absolute Gasteiger partial charge is 0.511 e. The summed E-state index contributed by atoms with van der Waals surface area (Å²) in [5.41, 5.74) is -0.863. The van der Waals surface area contributed by atoms with E-state index in [-0.39, 0.29) is 45.6 Å². The Balaban J connectivity index is 2.07. The SMILES string of the molecule is Cc1c(C(=O)C2=C(O)C3CCC(C3)C2=O)ccc(C(F)(F)F)c1C. The van der Waals surface area contributed by atoms with Crippen LogP contribution in [0.1, 0.15) is 46.3 Å². The summed E-state index contributed by atoms with van der Waals surface area (Å²) in [5.74, 6) is -1.72. The van der Waals surface area contributed by atoms with Crippen molar-refractivity contribution in [1.82, 2.24) is 0 Å². The average molecular weight is 338 g/mol. The Morgan fingerprint density at radius 1 is 1.12 bits per heavy atom. The molecule has 1 aromatic carbocycles. The first-order valence-corrected chi connectivity index (χ1v) is 7.82. The van der Waals surface area contributed by atoms with Gasteiger partial charge >= 0.3 is 6.18 Å². The number of halogens is 3. The number of aliphatic hydroxyl groups is 1. The summed E-state index contributed by atoms with van der Waals surface area (Å²) in [4.78, 5) is 25.2. The van der Waals surface area contributed by atoms with E-state index in [1.807, 2.05) is 0 Å². The molecule has 1 N–H and O–H groups in total. The molecular formula is C18H17F3O3. The maximum atomic E-state index is 13.0. The maximum absolute atomic E-state index is 13.0. The third-order valence-electron chi connectivity index (χ3n) is 5.26. The minimum absolute atomic E-state index is 0.0386. The summed E-state index contributed by atoms with van der Waals surface area (Å²) >= 11 is 0. The zero-order chi connectivity index (χ0) is 17.8. The van der Waals surface area contributed by atoms with Crippen LogP contribution in [0.4, 0.5) is 13.2 Å². The fraction of sp³-hybridized carbons (Fsp3) is 0.444. The van der Waals surface area contributed by atoms with Crippen LogP contribution in [0.5, 0.6) is 0 Å². The van der Waals surface area contributed by atoms with Crippen molar-refractivity contribution in [2.45, 2.75) is 39.3 Å². The normalized spacial score (nSPS) is 23.8. The lowest BCUT2D eigenvalue weighted by Crippen LogP contribution is -2.27. The molecule has 3 nitrogen and oxygen atoms in total. The monoisotopic (exact) mass is 338 g/mol. The number of benzene rings is 1. The molecule has 2 bridgehead atoms. The molecule has 128 valence electrons. The summed E-state index contributed by atoms with van der Waals surface area (Å²) in [5, 5.41) is 10.3. The van der Waals surface area contributed by atoms with Crippen LogP contribution in [-0.2, 0) is 11.0 Å². The number of fused-ring (bicyclic) bond motifs is 2. The molecule has 1 fully saturated rings. The number of carbonyl (C=O) groups excluding carboxylic acids is 2. The number of aliphatic hydroxyl groups excluding tert-OH is 1. The molecule has 6 heteroatoms. The highest BCUT2D eigenvalue weighted by Gasteiger charge is 2.44. The number of hydrogen-bond acceptors (Lipinski definition) is 3. The van der Waals surface area contributed by atoms with Crippen LogP contribution >= 0.6 is 0 Å². The molecule has 0 aromatic heterocycles. The Hall–Kier alpha value is -2.11. The number of ketones is 2. The van der Waals surface area contributed by atoms with Crippen molar-refractivity contribution in [1.29, 1.82) is 0 Å². The highest BCUT2D eigenvalue weighted by Crippen LogP contribution is 2.43. The molecule has 0 saturated heterocycles. The van der Waals surface area contributed by atoms with E-state index in [1.165, 1.54) is 13.8 Å². The van der Waals surface area contributed by atoms with E-state index in [0.29, 0.717) is 19.3 Å². The van der Waals surface area contributed by atoms with Gasteiger partial charge in [-0.05, 0) is 50.3 Å². The van der Waals surface area contributed by atoms with Gasteiger partial charge in [-0.25, -0.2) is 0 Å². The first-order valence-electron chi connectivity index (χ1n) is 7.82. The van der Waals surface area contributed by atoms with Crippen LogP contribution in [-0.4, -0.2) is 16.7 Å². The lowest BCUT2D eigenvalue weighted by molar-refractivity contribution is -0.138. The number of allylic oxidation sites excluding steroid dienone is 2. The van der Waals surface area contributed by atoms with E-state index in [2.05, 4.69) is 0 Å². The van der Waals surface area contributed by atoms with Crippen molar-refractivity contribution in [3.8, 4) is 0 Å². The van der Waals surface area contributed by atoms with E-state index >= 15 is 0 Å². The second kappa shape index (κ2) is 5.46. The summed E-state index contributed by atoms with van der Waals surface area (Å²) in [6, 6.07) is 1.95. The predicted octanol–water partition coefficient (Wildman–Crippen LogP) is 4.32. The van der Waals surface area contributed by atoms with Crippen molar-refractivity contribution in [2.24, 2.45) is 11.8 Å². The van der Waals surface area contributed by atoms with Crippen LogP contribution in [0.2, 0.25) is 0 Å². The van der Waals surface area contributed by atoms with Gasteiger partial charge in [0, 0.05) is 17.4 Å². The average Bonchev–Trinajstić information content (AvgIpc) is 2.94. The molecule has 0 spiro atoms. The van der Waals surface area contributed by atoms with Gasteiger partial charge in [-0.3, -0.25) is 9.59 Å². The Labute approximate surface area is 137 Å². The Morgan fingerprint density at radius 2 is 1.75 bits per heavy atom. The van der Waals surface area contributed by atoms with Crippen molar-refractivity contribution in [3.63, 3.8) is 0 Å². The summed E-state index contributed by atoms with van der Waals surface area (Å²) in [7, 11) is 0. The van der Waals surface area contributed by atoms with E-state index < -0.39 is 17.5 Å². The third-order valence-corrected chi connectivity index (χ3v) is 5.26. The van der Waals surface area contributed by atoms with Crippen molar-refractivity contribution in [2.75, 3.05) is 0 Å². The Kier molecular flexibility index (Phi) is 3.81. The zero-order valence-electron chi connectivity index (χ0n) is 13.3. The minimum Gasteiger partial charge on any atom is -0.511 e. The smallest absolute Gasteiger partial charge is 0.416 e. The molecule has 1 saturated carbocycles. The summed E-state index contributed by atoms with van der Waals surface area (Å²) < 4.78 is 38.9. The Bertz CT molecular complexity index is 774. The predicted molar refractivity (Wildman–Crippen MR) is 80.7 cm³/mol. The van der Waals surface area contributed by atoms with Crippen LogP contribution < -0.4 is 0 Å². The second-order valence-corrected chi connectivity index (χ2v) is 6.57. The lowest BCUT2D eigenvalue weighted by Gasteiger charge is -2.22. The minimum atomic E-state index is -4.50. The van der Waals surface area contributed by atoms with Gasteiger partial charge in [-0.1, -0.05) is 6.07 Å². The Morgan fingerprint density at radius 3 is 2.38 bits per heavy atom. The van der Waals surface area contributed by atoms with Gasteiger partial charge in [0.2, 0.25) is 0 Å². The van der Waals surface area contributed by atoms with Gasteiger partial charge in [0.1, 0.15) is 11.3 Å².